The monoisotopic (exact) mass is 403 g/mol. The maximum atomic E-state index is 11.5. The molecule has 0 aliphatic heterocycles. The molecule has 0 fully saturated rings. The molecule has 0 saturated carbocycles. The number of anilines is 3. The number of benzene rings is 2. The van der Waals surface area contributed by atoms with Crippen molar-refractivity contribution in [2.45, 2.75) is 16.7 Å². The van der Waals surface area contributed by atoms with Crippen LogP contribution in [0.3, 0.4) is 0 Å². The van der Waals surface area contributed by atoms with Gasteiger partial charge in [0.2, 0.25) is 0 Å². The van der Waals surface area contributed by atoms with Crippen LogP contribution >= 0.6 is 0 Å². The van der Waals surface area contributed by atoms with Crippen molar-refractivity contribution >= 4 is 37.3 Å². The zero-order valence-electron chi connectivity index (χ0n) is 13.7. The van der Waals surface area contributed by atoms with Crippen molar-refractivity contribution in [2.75, 3.05) is 23.7 Å². The Morgan fingerprint density at radius 1 is 0.962 bits per heavy atom. The fourth-order valence-electron chi connectivity index (χ4n) is 2.15. The molecule has 0 bridgehead atoms. The van der Waals surface area contributed by atoms with Gasteiger partial charge in [-0.2, -0.15) is 16.8 Å². The first-order chi connectivity index (χ1) is 11.9. The molecule has 0 radical (unpaired) electrons. The van der Waals surface area contributed by atoms with E-state index in [1.54, 1.807) is 13.0 Å². The Bertz CT molecular complexity index is 1050. The Morgan fingerprint density at radius 2 is 1.58 bits per heavy atom. The van der Waals surface area contributed by atoms with Gasteiger partial charge in [-0.25, -0.2) is 0 Å². The average molecular weight is 403 g/mol. The third kappa shape index (κ3) is 4.35. The second kappa shape index (κ2) is 6.99. The summed E-state index contributed by atoms with van der Waals surface area (Å²) in [5, 5.41) is 0. The molecule has 0 atom stereocenters. The van der Waals surface area contributed by atoms with Crippen LogP contribution in [0.15, 0.2) is 40.1 Å². The lowest BCUT2D eigenvalue weighted by molar-refractivity contribution is 0.417. The predicted octanol–water partition coefficient (Wildman–Crippen LogP) is 1.52. The van der Waals surface area contributed by atoms with Crippen LogP contribution in [0.5, 0.6) is 5.75 Å². The van der Waals surface area contributed by atoms with Crippen LogP contribution in [-0.2, 0) is 20.2 Å². The number of methoxy groups -OCH3 is 1. The largest absolute Gasteiger partial charge is 0.495 e. The Morgan fingerprint density at radius 3 is 2.12 bits per heavy atom. The lowest BCUT2D eigenvalue weighted by Gasteiger charge is -2.16. The maximum absolute atomic E-state index is 11.5. The van der Waals surface area contributed by atoms with E-state index in [0.717, 1.165) is 18.2 Å². The first-order valence-corrected chi connectivity index (χ1v) is 9.86. The smallest absolute Gasteiger partial charge is 0.296 e. The minimum absolute atomic E-state index is 0.294. The second-order valence-corrected chi connectivity index (χ2v) is 8.08. The fourth-order valence-corrected chi connectivity index (χ4v) is 3.28. The van der Waals surface area contributed by atoms with Gasteiger partial charge in [0.25, 0.3) is 20.2 Å². The van der Waals surface area contributed by atoms with E-state index in [0.29, 0.717) is 22.7 Å². The van der Waals surface area contributed by atoms with E-state index in [-0.39, 0.29) is 5.69 Å². The number of nitrogens with one attached hydrogen (secondary N) is 2. The Labute approximate surface area is 150 Å². The SMILES string of the molecule is COc1cc(NNc2cc(S(=O)(=O)O)ccc2S(=O)(=O)O)c(C)cc1N. The number of nitrogen functional groups attached to an aromatic ring is 1. The molecule has 0 aromatic heterocycles. The van der Waals surface area contributed by atoms with Crippen molar-refractivity contribution in [1.82, 2.24) is 0 Å². The molecule has 2 aromatic rings. The normalized spacial score (nSPS) is 11.8. The summed E-state index contributed by atoms with van der Waals surface area (Å²) in [5.41, 5.74) is 12.2. The highest BCUT2D eigenvalue weighted by Gasteiger charge is 2.20. The molecule has 0 saturated heterocycles. The Balaban J connectivity index is 2.45. The lowest BCUT2D eigenvalue weighted by atomic mass is 10.1. The molecule has 2 rings (SSSR count). The molecule has 0 heterocycles. The zero-order valence-corrected chi connectivity index (χ0v) is 15.3. The Hall–Kier alpha value is -2.54. The molecule has 142 valence electrons. The molecule has 6 N–H and O–H groups in total. The number of hydrazine groups is 1. The van der Waals surface area contributed by atoms with Crippen molar-refractivity contribution in [3.8, 4) is 5.75 Å². The summed E-state index contributed by atoms with van der Waals surface area (Å²) in [5.74, 6) is 0.363. The molecule has 0 unspecified atom stereocenters. The van der Waals surface area contributed by atoms with E-state index in [1.165, 1.54) is 13.2 Å². The highest BCUT2D eigenvalue weighted by Crippen LogP contribution is 2.30. The molecule has 2 aromatic carbocycles. The van der Waals surface area contributed by atoms with E-state index >= 15 is 0 Å². The van der Waals surface area contributed by atoms with E-state index in [1.807, 2.05) is 0 Å². The van der Waals surface area contributed by atoms with Gasteiger partial charge >= 0.3 is 0 Å². The number of aryl methyl sites for hydroxylation is 1. The van der Waals surface area contributed by atoms with E-state index in [2.05, 4.69) is 10.9 Å². The minimum atomic E-state index is -4.65. The fraction of sp³-hybridized carbons (Fsp3) is 0.143. The van der Waals surface area contributed by atoms with Gasteiger partial charge in [-0.1, -0.05) is 0 Å². The van der Waals surface area contributed by atoms with Crippen molar-refractivity contribution in [2.24, 2.45) is 0 Å². The molecular formula is C14H17N3O7S2. The molecule has 0 spiro atoms. The van der Waals surface area contributed by atoms with Gasteiger partial charge in [0, 0.05) is 6.07 Å². The topological polar surface area (TPSA) is 168 Å². The lowest BCUT2D eigenvalue weighted by Crippen LogP contribution is -2.14. The average Bonchev–Trinajstić information content (AvgIpc) is 2.52. The number of hydrogen-bond donors (Lipinski definition) is 5. The molecular weight excluding hydrogens is 386 g/mol. The molecule has 0 aliphatic rings. The second-order valence-electron chi connectivity index (χ2n) is 5.27. The van der Waals surface area contributed by atoms with Gasteiger partial charge in [0.05, 0.1) is 29.1 Å². The number of ether oxygens (including phenoxy) is 1. The Kier molecular flexibility index (Phi) is 5.32. The third-order valence-electron chi connectivity index (χ3n) is 3.44. The van der Waals surface area contributed by atoms with Gasteiger partial charge in [-0.15, -0.1) is 0 Å². The van der Waals surface area contributed by atoms with E-state index in [4.69, 9.17) is 15.0 Å². The van der Waals surface area contributed by atoms with Crippen molar-refractivity contribution in [3.63, 3.8) is 0 Å². The van der Waals surface area contributed by atoms with Crippen LogP contribution in [-0.4, -0.2) is 33.1 Å². The first-order valence-electron chi connectivity index (χ1n) is 6.98. The maximum Gasteiger partial charge on any atom is 0.296 e. The van der Waals surface area contributed by atoms with Crippen molar-refractivity contribution < 1.29 is 30.7 Å². The van der Waals surface area contributed by atoms with Crippen LogP contribution < -0.4 is 21.3 Å². The summed E-state index contributed by atoms with van der Waals surface area (Å²) >= 11 is 0. The molecule has 26 heavy (non-hydrogen) atoms. The molecule has 0 aliphatic carbocycles. The standard InChI is InChI=1S/C14H17N3O7S2/c1-8-5-10(15)13(24-2)7-11(8)16-17-12-6-9(25(18,19)20)3-4-14(12)26(21,22)23/h3-7,16-17H,15H2,1-2H3,(H,18,19,20)(H,21,22,23). The van der Waals surface area contributed by atoms with Gasteiger partial charge in [0.1, 0.15) is 10.6 Å². The number of hydrogen-bond acceptors (Lipinski definition) is 8. The van der Waals surface area contributed by atoms with Crippen LogP contribution in [0, 0.1) is 6.92 Å². The van der Waals surface area contributed by atoms with Gasteiger partial charge in [0.15, 0.2) is 0 Å². The summed E-state index contributed by atoms with van der Waals surface area (Å²) in [7, 11) is -7.81. The van der Waals surface area contributed by atoms with E-state index < -0.39 is 30.0 Å². The summed E-state index contributed by atoms with van der Waals surface area (Å²) in [4.78, 5) is -1.14. The molecule has 0 amide bonds. The van der Waals surface area contributed by atoms with Crippen LogP contribution in [0.4, 0.5) is 17.1 Å². The van der Waals surface area contributed by atoms with Crippen molar-refractivity contribution in [3.05, 3.63) is 35.9 Å². The number of rotatable bonds is 6. The third-order valence-corrected chi connectivity index (χ3v) is 5.20. The number of nitrogens with two attached hydrogens (primary N) is 1. The quantitative estimate of drug-likeness (QED) is 0.271. The molecule has 12 heteroatoms. The zero-order chi connectivity index (χ0) is 19.7. The van der Waals surface area contributed by atoms with Crippen molar-refractivity contribution in [1.29, 1.82) is 0 Å². The van der Waals surface area contributed by atoms with Crippen LogP contribution in [0.25, 0.3) is 0 Å². The minimum Gasteiger partial charge on any atom is -0.495 e. The van der Waals surface area contributed by atoms with E-state index in [9.17, 15) is 21.4 Å². The summed E-state index contributed by atoms with van der Waals surface area (Å²) in [6.07, 6.45) is 0. The van der Waals surface area contributed by atoms with Gasteiger partial charge in [-0.3, -0.25) is 14.5 Å². The first kappa shape index (κ1) is 19.8. The van der Waals surface area contributed by atoms with Crippen LogP contribution in [0.2, 0.25) is 0 Å². The van der Waals surface area contributed by atoms with Gasteiger partial charge in [-0.05, 0) is 36.8 Å². The summed E-state index contributed by atoms with van der Waals surface area (Å²) < 4.78 is 69.0. The van der Waals surface area contributed by atoms with Crippen LogP contribution in [0.1, 0.15) is 5.56 Å². The highest BCUT2D eigenvalue weighted by molar-refractivity contribution is 7.86. The summed E-state index contributed by atoms with van der Waals surface area (Å²) in [6, 6.07) is 5.70. The molecule has 10 nitrogen and oxygen atoms in total. The van der Waals surface area contributed by atoms with Gasteiger partial charge < -0.3 is 15.9 Å². The highest BCUT2D eigenvalue weighted by atomic mass is 32.2. The summed E-state index contributed by atoms with van der Waals surface area (Å²) in [6.45, 7) is 1.72. The predicted molar refractivity (Wildman–Crippen MR) is 95.5 cm³/mol.